The summed E-state index contributed by atoms with van der Waals surface area (Å²) in [6, 6.07) is 4.27. The van der Waals surface area contributed by atoms with Gasteiger partial charge in [-0.1, -0.05) is 5.16 Å². The van der Waals surface area contributed by atoms with Gasteiger partial charge >= 0.3 is 0 Å². The highest BCUT2D eigenvalue weighted by atomic mass is 16.5. The molecule has 24 heavy (non-hydrogen) atoms. The molecule has 2 aromatic rings. The van der Waals surface area contributed by atoms with E-state index < -0.39 is 0 Å². The van der Waals surface area contributed by atoms with Gasteiger partial charge in [0, 0.05) is 30.8 Å². The van der Waals surface area contributed by atoms with Crippen LogP contribution in [0.2, 0.25) is 0 Å². The van der Waals surface area contributed by atoms with Crippen LogP contribution in [-0.4, -0.2) is 44.9 Å². The molecule has 0 aliphatic carbocycles. The van der Waals surface area contributed by atoms with Crippen LogP contribution < -0.4 is 5.32 Å². The minimum absolute atomic E-state index is 0.0277. The Bertz CT molecular complexity index is 706. The molecule has 1 aliphatic heterocycles. The smallest absolute Gasteiger partial charge is 0.226 e. The van der Waals surface area contributed by atoms with E-state index in [9.17, 15) is 4.79 Å². The Labute approximate surface area is 142 Å². The first-order chi connectivity index (χ1) is 11.5. The molecule has 1 saturated heterocycles. The number of hydrogen-bond donors (Lipinski definition) is 1. The number of rotatable bonds is 6. The number of carbonyl (C=O) groups excluding carboxylic acids is 1. The molecule has 0 radical (unpaired) electrons. The lowest BCUT2D eigenvalue weighted by molar-refractivity contribution is -0.116. The molecule has 3 rings (SSSR count). The molecule has 2 aromatic heterocycles. The van der Waals surface area contributed by atoms with E-state index in [0.717, 1.165) is 31.7 Å². The molecule has 1 fully saturated rings. The van der Waals surface area contributed by atoms with Crippen molar-refractivity contribution >= 4 is 11.7 Å². The average Bonchev–Trinajstić information content (AvgIpc) is 3.20. The molecule has 1 amide bonds. The first kappa shape index (κ1) is 16.7. The number of anilines is 1. The van der Waals surface area contributed by atoms with Crippen molar-refractivity contribution in [1.82, 2.24) is 19.8 Å². The number of likely N-dealkylation sites (tertiary alicyclic amines) is 1. The molecular weight excluding hydrogens is 306 g/mol. The van der Waals surface area contributed by atoms with E-state index in [-0.39, 0.29) is 5.91 Å². The molecule has 0 unspecified atom stereocenters. The Kier molecular flexibility index (Phi) is 4.99. The van der Waals surface area contributed by atoms with Gasteiger partial charge in [-0.15, -0.1) is 0 Å². The number of hydrogen-bond acceptors (Lipinski definition) is 5. The monoisotopic (exact) mass is 331 g/mol. The molecule has 1 N–H and O–H groups in total. The van der Waals surface area contributed by atoms with Crippen LogP contribution in [0.15, 0.2) is 16.7 Å². The first-order valence-electron chi connectivity index (χ1n) is 8.49. The summed E-state index contributed by atoms with van der Waals surface area (Å²) < 4.78 is 7.04. The molecule has 0 spiro atoms. The highest BCUT2D eigenvalue weighted by Crippen LogP contribution is 2.20. The predicted molar refractivity (Wildman–Crippen MR) is 90.8 cm³/mol. The van der Waals surface area contributed by atoms with Crippen LogP contribution in [0, 0.1) is 20.8 Å². The van der Waals surface area contributed by atoms with Crippen LogP contribution in [-0.2, 0) is 11.3 Å². The second-order valence-corrected chi connectivity index (χ2v) is 6.56. The fourth-order valence-corrected chi connectivity index (χ4v) is 3.33. The predicted octanol–water partition coefficient (Wildman–Crippen LogP) is 2.29. The molecular formula is C17H25N5O2. The van der Waals surface area contributed by atoms with Gasteiger partial charge in [-0.25, -0.2) is 0 Å². The van der Waals surface area contributed by atoms with E-state index in [2.05, 4.69) is 38.1 Å². The second kappa shape index (κ2) is 7.17. The highest BCUT2D eigenvalue weighted by Gasteiger charge is 2.25. The summed E-state index contributed by atoms with van der Waals surface area (Å²) in [4.78, 5) is 14.5. The van der Waals surface area contributed by atoms with Crippen molar-refractivity contribution in [2.24, 2.45) is 0 Å². The lowest BCUT2D eigenvalue weighted by Crippen LogP contribution is -2.35. The Morgan fingerprint density at radius 1 is 1.38 bits per heavy atom. The third-order valence-corrected chi connectivity index (χ3v) is 4.51. The van der Waals surface area contributed by atoms with E-state index in [0.29, 0.717) is 24.0 Å². The Morgan fingerprint density at radius 2 is 2.21 bits per heavy atom. The Balaban J connectivity index is 1.50. The molecule has 0 bridgehead atoms. The summed E-state index contributed by atoms with van der Waals surface area (Å²) in [5.74, 6) is 1.15. The van der Waals surface area contributed by atoms with Crippen LogP contribution in [0.25, 0.3) is 0 Å². The van der Waals surface area contributed by atoms with Gasteiger partial charge in [-0.3, -0.25) is 14.4 Å². The topological polar surface area (TPSA) is 76.2 Å². The quantitative estimate of drug-likeness (QED) is 0.879. The number of aryl methyl sites for hydroxylation is 3. The molecule has 7 heteroatoms. The maximum Gasteiger partial charge on any atom is 0.226 e. The standard InChI is InChI=1S/C17H25N5O2/c1-12-9-13(2)22(19-12)11-15-5-4-7-21(15)8-6-17(23)18-16-10-14(3)24-20-16/h9-10,15H,4-8,11H2,1-3H3,(H,18,20,23)/t15-/m0/s1. The van der Waals surface area contributed by atoms with Crippen LogP contribution in [0.5, 0.6) is 0 Å². The molecule has 7 nitrogen and oxygen atoms in total. The van der Waals surface area contributed by atoms with Gasteiger partial charge in [0.2, 0.25) is 5.91 Å². The SMILES string of the molecule is Cc1cc(C)n(C[C@@H]2CCCN2CCC(=O)Nc2cc(C)on2)n1. The number of aromatic nitrogens is 3. The molecule has 1 aliphatic rings. The lowest BCUT2D eigenvalue weighted by atomic mass is 10.2. The fraction of sp³-hybridized carbons (Fsp3) is 0.588. The van der Waals surface area contributed by atoms with Crippen LogP contribution >= 0.6 is 0 Å². The van der Waals surface area contributed by atoms with Crippen LogP contribution in [0.1, 0.15) is 36.4 Å². The van der Waals surface area contributed by atoms with Gasteiger partial charge in [-0.2, -0.15) is 5.10 Å². The van der Waals surface area contributed by atoms with Crippen molar-refractivity contribution in [1.29, 1.82) is 0 Å². The summed E-state index contributed by atoms with van der Waals surface area (Å²) >= 11 is 0. The normalized spacial score (nSPS) is 18.2. The van der Waals surface area contributed by atoms with Gasteiger partial charge in [0.05, 0.1) is 12.2 Å². The summed E-state index contributed by atoms with van der Waals surface area (Å²) in [6.07, 6.45) is 2.79. The van der Waals surface area contributed by atoms with Crippen molar-refractivity contribution in [3.8, 4) is 0 Å². The van der Waals surface area contributed by atoms with Crippen LogP contribution in [0.3, 0.4) is 0 Å². The van der Waals surface area contributed by atoms with Crippen molar-refractivity contribution in [2.75, 3.05) is 18.4 Å². The lowest BCUT2D eigenvalue weighted by Gasteiger charge is -2.24. The maximum atomic E-state index is 12.1. The average molecular weight is 331 g/mol. The zero-order chi connectivity index (χ0) is 17.1. The number of nitrogens with one attached hydrogen (secondary N) is 1. The molecule has 0 saturated carbocycles. The van der Waals surface area contributed by atoms with E-state index >= 15 is 0 Å². The maximum absolute atomic E-state index is 12.1. The van der Waals surface area contributed by atoms with E-state index in [1.54, 1.807) is 13.0 Å². The summed E-state index contributed by atoms with van der Waals surface area (Å²) in [5, 5.41) is 11.1. The molecule has 3 heterocycles. The van der Waals surface area contributed by atoms with Crippen molar-refractivity contribution in [2.45, 2.75) is 52.6 Å². The number of amides is 1. The highest BCUT2D eigenvalue weighted by molar-refractivity contribution is 5.89. The number of carbonyl (C=O) groups is 1. The molecule has 1 atom stereocenters. The van der Waals surface area contributed by atoms with Gasteiger partial charge in [-0.05, 0) is 46.2 Å². The summed E-state index contributed by atoms with van der Waals surface area (Å²) in [7, 11) is 0. The Hall–Kier alpha value is -2.15. The summed E-state index contributed by atoms with van der Waals surface area (Å²) in [6.45, 7) is 8.60. The van der Waals surface area contributed by atoms with Crippen LogP contribution in [0.4, 0.5) is 5.82 Å². The van der Waals surface area contributed by atoms with Gasteiger partial charge in [0.25, 0.3) is 0 Å². The van der Waals surface area contributed by atoms with E-state index in [4.69, 9.17) is 4.52 Å². The zero-order valence-corrected chi connectivity index (χ0v) is 14.6. The zero-order valence-electron chi connectivity index (χ0n) is 14.6. The van der Waals surface area contributed by atoms with Crippen molar-refractivity contribution in [3.63, 3.8) is 0 Å². The van der Waals surface area contributed by atoms with Crippen molar-refractivity contribution in [3.05, 3.63) is 29.3 Å². The van der Waals surface area contributed by atoms with Crippen molar-refractivity contribution < 1.29 is 9.32 Å². The van der Waals surface area contributed by atoms with E-state index in [1.807, 2.05) is 6.92 Å². The molecule has 130 valence electrons. The third-order valence-electron chi connectivity index (χ3n) is 4.51. The Morgan fingerprint density at radius 3 is 2.88 bits per heavy atom. The van der Waals surface area contributed by atoms with Gasteiger partial charge < -0.3 is 9.84 Å². The fourth-order valence-electron chi connectivity index (χ4n) is 3.33. The molecule has 0 aromatic carbocycles. The van der Waals surface area contributed by atoms with Gasteiger partial charge in [0.15, 0.2) is 5.82 Å². The van der Waals surface area contributed by atoms with E-state index in [1.165, 1.54) is 12.1 Å². The minimum Gasteiger partial charge on any atom is -0.360 e. The second-order valence-electron chi connectivity index (χ2n) is 6.56. The first-order valence-corrected chi connectivity index (χ1v) is 8.49. The minimum atomic E-state index is -0.0277. The van der Waals surface area contributed by atoms with Gasteiger partial charge in [0.1, 0.15) is 5.76 Å². The number of nitrogens with zero attached hydrogens (tertiary/aromatic N) is 4. The summed E-state index contributed by atoms with van der Waals surface area (Å²) in [5.41, 5.74) is 2.25. The largest absolute Gasteiger partial charge is 0.360 e. The third kappa shape index (κ3) is 4.03.